The lowest BCUT2D eigenvalue weighted by molar-refractivity contribution is -0.119. The molecule has 0 aromatic heterocycles. The average molecular weight is 288 g/mol. The van der Waals surface area contributed by atoms with Crippen LogP contribution in [0.1, 0.15) is 0 Å². The summed E-state index contributed by atoms with van der Waals surface area (Å²) in [6.45, 7) is 0. The van der Waals surface area contributed by atoms with Gasteiger partial charge in [-0.15, -0.1) is 0 Å². The fraction of sp³-hybridized carbons (Fsp3) is 0. The first-order valence-corrected chi connectivity index (χ1v) is 5.00. The van der Waals surface area contributed by atoms with Crippen LogP contribution in [0, 0.1) is 11.6 Å². The fourth-order valence-electron chi connectivity index (χ4n) is 1.33. The Labute approximate surface area is 97.5 Å². The number of hydrogen-bond donors (Lipinski definition) is 0. The van der Waals surface area contributed by atoms with Crippen molar-refractivity contribution in [2.75, 3.05) is 4.90 Å². The number of imide groups is 1. The van der Waals surface area contributed by atoms with E-state index in [0.717, 1.165) is 24.3 Å². The van der Waals surface area contributed by atoms with Gasteiger partial charge in [0.25, 0.3) is 11.8 Å². The minimum Gasteiger partial charge on any atom is -0.269 e. The predicted octanol–water partition coefficient (Wildman–Crippen LogP) is 2.16. The van der Waals surface area contributed by atoms with Crippen LogP contribution >= 0.6 is 15.9 Å². The lowest BCUT2D eigenvalue weighted by Gasteiger charge is -2.14. The highest BCUT2D eigenvalue weighted by atomic mass is 79.9. The molecule has 0 unspecified atom stereocenters. The highest BCUT2D eigenvalue weighted by molar-refractivity contribution is 9.10. The van der Waals surface area contributed by atoms with Gasteiger partial charge in [-0.25, -0.2) is 13.7 Å². The molecule has 0 fully saturated rings. The molecule has 2 rings (SSSR count). The van der Waals surface area contributed by atoms with E-state index in [0.29, 0.717) is 4.90 Å². The smallest absolute Gasteiger partial charge is 0.258 e. The Bertz CT molecular complexity index is 487. The number of rotatable bonds is 1. The van der Waals surface area contributed by atoms with E-state index in [1.807, 2.05) is 0 Å². The Balaban J connectivity index is 2.50. The Morgan fingerprint density at radius 3 is 1.88 bits per heavy atom. The van der Waals surface area contributed by atoms with E-state index in [1.54, 1.807) is 0 Å². The van der Waals surface area contributed by atoms with Gasteiger partial charge in [0.2, 0.25) is 0 Å². The van der Waals surface area contributed by atoms with Gasteiger partial charge in [0, 0.05) is 12.2 Å². The molecule has 0 atom stereocenters. The van der Waals surface area contributed by atoms with E-state index in [1.165, 1.54) is 0 Å². The molecule has 1 aromatic carbocycles. The molecular weight excluding hydrogens is 284 g/mol. The van der Waals surface area contributed by atoms with Crippen molar-refractivity contribution in [1.29, 1.82) is 0 Å². The van der Waals surface area contributed by atoms with Gasteiger partial charge in [0.05, 0.1) is 10.2 Å². The molecule has 1 heterocycles. The highest BCUT2D eigenvalue weighted by Crippen LogP contribution is 2.27. The normalized spacial score (nSPS) is 15.1. The van der Waals surface area contributed by atoms with Crippen molar-refractivity contribution in [3.05, 3.63) is 40.4 Å². The lowest BCUT2D eigenvalue weighted by atomic mass is 10.2. The summed E-state index contributed by atoms with van der Waals surface area (Å²) >= 11 is 2.70. The number of nitrogens with zero attached hydrogens (tertiary/aromatic N) is 1. The Hall–Kier alpha value is -1.56. The zero-order chi connectivity index (χ0) is 11.9. The van der Waals surface area contributed by atoms with E-state index in [2.05, 4.69) is 15.9 Å². The molecule has 82 valence electrons. The third kappa shape index (κ3) is 1.65. The Kier molecular flexibility index (Phi) is 2.59. The van der Waals surface area contributed by atoms with E-state index < -0.39 is 23.4 Å². The zero-order valence-electron chi connectivity index (χ0n) is 7.71. The average Bonchev–Trinajstić information content (AvgIpc) is 2.54. The zero-order valence-corrected chi connectivity index (χ0v) is 9.29. The summed E-state index contributed by atoms with van der Waals surface area (Å²) in [6.07, 6.45) is 2.08. The van der Waals surface area contributed by atoms with Crippen LogP contribution in [0.5, 0.6) is 0 Å². The number of hydrogen-bond acceptors (Lipinski definition) is 2. The summed E-state index contributed by atoms with van der Waals surface area (Å²) in [4.78, 5) is 23.2. The minimum atomic E-state index is -0.873. The van der Waals surface area contributed by atoms with Crippen molar-refractivity contribution in [3.63, 3.8) is 0 Å². The van der Waals surface area contributed by atoms with E-state index in [-0.39, 0.29) is 10.2 Å². The molecule has 6 heteroatoms. The second-order valence-electron chi connectivity index (χ2n) is 3.07. The standard InChI is InChI=1S/C10H4BrF2NO2/c11-10-6(12)3-5(4-7(10)13)14-8(15)1-2-9(14)16/h1-4H. The minimum absolute atomic E-state index is 0.127. The molecule has 3 nitrogen and oxygen atoms in total. The molecule has 1 aromatic rings. The van der Waals surface area contributed by atoms with Crippen molar-refractivity contribution in [2.45, 2.75) is 0 Å². The predicted molar refractivity (Wildman–Crippen MR) is 55.7 cm³/mol. The summed E-state index contributed by atoms with van der Waals surface area (Å²) in [5.41, 5.74) is -0.127. The second-order valence-corrected chi connectivity index (χ2v) is 3.86. The van der Waals surface area contributed by atoms with Crippen LogP contribution in [0.25, 0.3) is 0 Å². The maximum absolute atomic E-state index is 13.2. The van der Waals surface area contributed by atoms with Gasteiger partial charge < -0.3 is 0 Å². The fourth-order valence-corrected chi connectivity index (χ4v) is 1.55. The van der Waals surface area contributed by atoms with Crippen LogP contribution in [-0.2, 0) is 9.59 Å². The lowest BCUT2D eigenvalue weighted by Crippen LogP contribution is -2.29. The topological polar surface area (TPSA) is 37.4 Å². The van der Waals surface area contributed by atoms with Gasteiger partial charge >= 0.3 is 0 Å². The molecule has 0 spiro atoms. The Morgan fingerprint density at radius 1 is 1.00 bits per heavy atom. The first-order valence-electron chi connectivity index (χ1n) is 4.21. The van der Waals surface area contributed by atoms with Crippen LogP contribution < -0.4 is 4.90 Å². The van der Waals surface area contributed by atoms with Gasteiger partial charge in [-0.2, -0.15) is 0 Å². The molecule has 2 amide bonds. The van der Waals surface area contributed by atoms with Crippen LogP contribution in [0.15, 0.2) is 28.8 Å². The summed E-state index contributed by atoms with van der Waals surface area (Å²) in [6, 6.07) is 1.83. The van der Waals surface area contributed by atoms with Crippen molar-refractivity contribution >= 4 is 33.4 Å². The van der Waals surface area contributed by atoms with E-state index in [4.69, 9.17) is 0 Å². The molecule has 0 radical (unpaired) electrons. The van der Waals surface area contributed by atoms with Crippen molar-refractivity contribution < 1.29 is 18.4 Å². The quantitative estimate of drug-likeness (QED) is 0.586. The maximum atomic E-state index is 13.2. The van der Waals surface area contributed by atoms with Gasteiger partial charge in [-0.3, -0.25) is 9.59 Å². The third-order valence-corrected chi connectivity index (χ3v) is 2.79. The van der Waals surface area contributed by atoms with Crippen LogP contribution in [0.2, 0.25) is 0 Å². The molecule has 0 saturated heterocycles. The number of carbonyl (C=O) groups is 2. The van der Waals surface area contributed by atoms with E-state index >= 15 is 0 Å². The van der Waals surface area contributed by atoms with Crippen molar-refractivity contribution in [2.24, 2.45) is 0 Å². The number of halogens is 3. The molecule has 16 heavy (non-hydrogen) atoms. The van der Waals surface area contributed by atoms with E-state index in [9.17, 15) is 18.4 Å². The number of carbonyl (C=O) groups excluding carboxylic acids is 2. The van der Waals surface area contributed by atoms with Gasteiger partial charge in [-0.05, 0) is 28.1 Å². The van der Waals surface area contributed by atoms with Crippen LogP contribution in [0.4, 0.5) is 14.5 Å². The molecule has 0 bridgehead atoms. The first kappa shape index (κ1) is 10.9. The molecule has 0 aliphatic carbocycles. The summed E-state index contributed by atoms with van der Waals surface area (Å²) < 4.78 is 26.1. The third-order valence-electron chi connectivity index (χ3n) is 2.04. The summed E-state index contributed by atoms with van der Waals surface area (Å²) in [7, 11) is 0. The van der Waals surface area contributed by atoms with Gasteiger partial charge in [-0.1, -0.05) is 0 Å². The van der Waals surface area contributed by atoms with Gasteiger partial charge in [0.15, 0.2) is 0 Å². The highest BCUT2D eigenvalue weighted by Gasteiger charge is 2.26. The SMILES string of the molecule is O=C1C=CC(=O)N1c1cc(F)c(Br)c(F)c1. The van der Waals surface area contributed by atoms with Crippen LogP contribution in [0.3, 0.4) is 0 Å². The van der Waals surface area contributed by atoms with Crippen molar-refractivity contribution in [3.8, 4) is 0 Å². The molecule has 1 aliphatic heterocycles. The number of amides is 2. The largest absolute Gasteiger partial charge is 0.269 e. The second kappa shape index (κ2) is 3.79. The summed E-state index contributed by atoms with van der Waals surface area (Å²) in [5.74, 6) is -2.98. The Morgan fingerprint density at radius 2 is 1.44 bits per heavy atom. The first-order chi connectivity index (χ1) is 7.50. The van der Waals surface area contributed by atoms with Gasteiger partial charge in [0.1, 0.15) is 11.6 Å². The monoisotopic (exact) mass is 287 g/mol. The molecular formula is C10H4BrF2NO2. The maximum Gasteiger partial charge on any atom is 0.258 e. The van der Waals surface area contributed by atoms with Crippen LogP contribution in [-0.4, -0.2) is 11.8 Å². The van der Waals surface area contributed by atoms with Crippen molar-refractivity contribution in [1.82, 2.24) is 0 Å². The molecule has 0 saturated carbocycles. The number of benzene rings is 1. The molecule has 1 aliphatic rings. The number of anilines is 1. The molecule has 0 N–H and O–H groups in total. The summed E-state index contributed by atoms with van der Waals surface area (Å²) in [5, 5.41) is 0.